The second-order valence-corrected chi connectivity index (χ2v) is 4.52. The minimum absolute atomic E-state index is 0.308. The van der Waals surface area contributed by atoms with E-state index in [2.05, 4.69) is 4.65 Å². The van der Waals surface area contributed by atoms with Gasteiger partial charge in [-0.15, -0.1) is 0 Å². The molecule has 0 spiro atoms. The molecule has 0 aliphatic heterocycles. The van der Waals surface area contributed by atoms with Gasteiger partial charge in [-0.1, -0.05) is 12.1 Å². The number of benzene rings is 1. The van der Waals surface area contributed by atoms with Crippen LogP contribution in [0.3, 0.4) is 0 Å². The van der Waals surface area contributed by atoms with Gasteiger partial charge in [0.05, 0.1) is 0 Å². The lowest BCUT2D eigenvalue weighted by molar-refractivity contribution is 0.131. The number of carboxylic acid groups (broad SMARTS) is 1. The van der Waals surface area contributed by atoms with Crippen LogP contribution in [0.15, 0.2) is 24.3 Å². The van der Waals surface area contributed by atoms with E-state index in [0.29, 0.717) is 11.2 Å². The lowest BCUT2D eigenvalue weighted by Gasteiger charge is -2.21. The first-order valence-corrected chi connectivity index (χ1v) is 5.14. The molecule has 92 valence electrons. The van der Waals surface area contributed by atoms with Crippen molar-refractivity contribution in [2.75, 3.05) is 0 Å². The Morgan fingerprint density at radius 2 is 1.76 bits per heavy atom. The smallest absolute Gasteiger partial charge is 0.488 e. The van der Waals surface area contributed by atoms with Gasteiger partial charge in [0.1, 0.15) is 11.4 Å². The highest BCUT2D eigenvalue weighted by atomic mass is 16.7. The van der Waals surface area contributed by atoms with Crippen LogP contribution < -0.4 is 10.2 Å². The molecule has 0 radical (unpaired) electrons. The Balaban J connectivity index is 2.71. The topological polar surface area (TPSA) is 76.0 Å². The zero-order valence-corrected chi connectivity index (χ0v) is 10.0. The van der Waals surface area contributed by atoms with Gasteiger partial charge in [-0.2, -0.15) is 0 Å². The number of rotatable bonds is 3. The summed E-state index contributed by atoms with van der Waals surface area (Å²) in [5.74, 6) is 0.642. The molecule has 5 nitrogen and oxygen atoms in total. The lowest BCUT2D eigenvalue weighted by Crippen LogP contribution is -2.35. The molecule has 2 N–H and O–H groups in total. The predicted molar refractivity (Wildman–Crippen MR) is 63.5 cm³/mol. The maximum absolute atomic E-state index is 10.2. The summed E-state index contributed by atoms with van der Waals surface area (Å²) in [6.45, 7) is 5.76. The summed E-state index contributed by atoms with van der Waals surface area (Å²) >= 11 is 0. The number of carbonyl (C=O) groups is 1. The van der Waals surface area contributed by atoms with Crippen molar-refractivity contribution in [2.45, 2.75) is 26.4 Å². The zero-order valence-electron chi connectivity index (χ0n) is 10.0. The number of hydrogen-bond donors (Lipinski definition) is 2. The standard InChI is InChI=1S/C11H15BO5/c1-11(2,3)16-9-6-4-8(5-7-9)12(15)17-10(13)14/h4-7,15H,1-3H3,(H,13,14). The fourth-order valence-corrected chi connectivity index (χ4v) is 1.22. The van der Waals surface area contributed by atoms with Crippen molar-refractivity contribution in [1.29, 1.82) is 0 Å². The Hall–Kier alpha value is -1.69. The fourth-order valence-electron chi connectivity index (χ4n) is 1.22. The molecule has 0 saturated heterocycles. The highest BCUT2D eigenvalue weighted by molar-refractivity contribution is 6.61. The van der Waals surface area contributed by atoms with Gasteiger partial charge in [-0.25, -0.2) is 4.79 Å². The van der Waals surface area contributed by atoms with Crippen molar-refractivity contribution in [3.8, 4) is 5.75 Å². The van der Waals surface area contributed by atoms with Crippen molar-refractivity contribution in [1.82, 2.24) is 0 Å². The molecular weight excluding hydrogens is 223 g/mol. The minimum Gasteiger partial charge on any atom is -0.488 e. The first kappa shape index (κ1) is 13.4. The Labute approximate surface area is 100 Å². The van der Waals surface area contributed by atoms with Crippen LogP contribution in [0, 0.1) is 0 Å². The largest absolute Gasteiger partial charge is 0.564 e. The van der Waals surface area contributed by atoms with Crippen LogP contribution in [0.1, 0.15) is 20.8 Å². The van der Waals surface area contributed by atoms with Gasteiger partial charge in [0.2, 0.25) is 0 Å². The van der Waals surface area contributed by atoms with E-state index in [9.17, 15) is 9.82 Å². The Bertz CT molecular complexity index is 382. The molecule has 1 rings (SSSR count). The highest BCUT2D eigenvalue weighted by Crippen LogP contribution is 2.16. The number of hydrogen-bond acceptors (Lipinski definition) is 4. The monoisotopic (exact) mass is 238 g/mol. The fraction of sp³-hybridized carbons (Fsp3) is 0.364. The minimum atomic E-state index is -1.52. The van der Waals surface area contributed by atoms with Gasteiger partial charge in [-0.3, -0.25) is 0 Å². The molecule has 0 atom stereocenters. The van der Waals surface area contributed by atoms with Gasteiger partial charge in [-0.05, 0) is 38.4 Å². The average molecular weight is 238 g/mol. The van der Waals surface area contributed by atoms with Crippen LogP contribution >= 0.6 is 0 Å². The van der Waals surface area contributed by atoms with E-state index < -0.39 is 13.3 Å². The summed E-state index contributed by atoms with van der Waals surface area (Å²) in [7, 11) is -1.48. The predicted octanol–water partition coefficient (Wildman–Crippen LogP) is 1.25. The summed E-state index contributed by atoms with van der Waals surface area (Å²) in [6.07, 6.45) is -1.52. The molecule has 0 aromatic heterocycles. The molecule has 0 aliphatic carbocycles. The van der Waals surface area contributed by atoms with Crippen LogP contribution in [-0.2, 0) is 4.65 Å². The third kappa shape index (κ3) is 4.78. The Kier molecular flexibility index (Phi) is 4.01. The van der Waals surface area contributed by atoms with E-state index in [-0.39, 0.29) is 5.60 Å². The van der Waals surface area contributed by atoms with Crippen LogP contribution in [0.5, 0.6) is 5.75 Å². The maximum atomic E-state index is 10.2. The molecule has 6 heteroatoms. The van der Waals surface area contributed by atoms with Gasteiger partial charge < -0.3 is 19.5 Å². The first-order valence-electron chi connectivity index (χ1n) is 5.14. The average Bonchev–Trinajstić information content (AvgIpc) is 2.15. The molecule has 0 heterocycles. The molecule has 17 heavy (non-hydrogen) atoms. The van der Waals surface area contributed by atoms with E-state index >= 15 is 0 Å². The van der Waals surface area contributed by atoms with Crippen LogP contribution in [0.25, 0.3) is 0 Å². The van der Waals surface area contributed by atoms with Gasteiger partial charge in [0.15, 0.2) is 0 Å². The van der Waals surface area contributed by atoms with Crippen molar-refractivity contribution in [3.63, 3.8) is 0 Å². The van der Waals surface area contributed by atoms with E-state index in [4.69, 9.17) is 9.84 Å². The molecule has 0 fully saturated rings. The van der Waals surface area contributed by atoms with Crippen molar-refractivity contribution in [3.05, 3.63) is 24.3 Å². The maximum Gasteiger partial charge on any atom is 0.564 e. The van der Waals surface area contributed by atoms with E-state index in [1.807, 2.05) is 20.8 Å². The molecule has 0 amide bonds. The molecule has 0 saturated carbocycles. The summed E-state index contributed by atoms with van der Waals surface area (Å²) in [6, 6.07) is 6.40. The molecule has 1 aromatic rings. The van der Waals surface area contributed by atoms with E-state index in [1.54, 1.807) is 24.3 Å². The summed E-state index contributed by atoms with van der Waals surface area (Å²) in [4.78, 5) is 10.2. The van der Waals surface area contributed by atoms with Crippen LogP contribution in [-0.4, -0.2) is 29.0 Å². The van der Waals surface area contributed by atoms with E-state index in [1.165, 1.54) is 0 Å². The van der Waals surface area contributed by atoms with E-state index in [0.717, 1.165) is 0 Å². The third-order valence-corrected chi connectivity index (χ3v) is 1.80. The Morgan fingerprint density at radius 1 is 1.24 bits per heavy atom. The van der Waals surface area contributed by atoms with Gasteiger partial charge in [0.25, 0.3) is 0 Å². The number of ether oxygens (including phenoxy) is 1. The summed E-state index contributed by atoms with van der Waals surface area (Å²) in [5, 5.41) is 17.7. The first-order chi connectivity index (χ1) is 7.78. The molecule has 0 aliphatic rings. The second kappa shape index (κ2) is 5.10. The highest BCUT2D eigenvalue weighted by Gasteiger charge is 2.21. The second-order valence-electron chi connectivity index (χ2n) is 4.52. The van der Waals surface area contributed by atoms with Gasteiger partial charge in [0, 0.05) is 0 Å². The van der Waals surface area contributed by atoms with Crippen molar-refractivity contribution >= 4 is 18.7 Å². The molecular formula is C11H15BO5. The van der Waals surface area contributed by atoms with Crippen LogP contribution in [0.2, 0.25) is 0 Å². The summed E-state index contributed by atoms with van der Waals surface area (Å²) < 4.78 is 9.79. The lowest BCUT2D eigenvalue weighted by atomic mass is 9.80. The normalized spacial score (nSPS) is 10.8. The zero-order chi connectivity index (χ0) is 13.1. The molecule has 1 aromatic carbocycles. The quantitative estimate of drug-likeness (QED) is 0.775. The summed E-state index contributed by atoms with van der Waals surface area (Å²) in [5.41, 5.74) is 0.0474. The van der Waals surface area contributed by atoms with Gasteiger partial charge >= 0.3 is 13.3 Å². The Morgan fingerprint density at radius 3 is 2.18 bits per heavy atom. The molecule has 0 unspecified atom stereocenters. The van der Waals surface area contributed by atoms with Crippen molar-refractivity contribution in [2.24, 2.45) is 0 Å². The van der Waals surface area contributed by atoms with Crippen LogP contribution in [0.4, 0.5) is 4.79 Å². The third-order valence-electron chi connectivity index (χ3n) is 1.80. The molecule has 0 bridgehead atoms. The SMILES string of the molecule is CC(C)(C)Oc1ccc(B(O)OC(=O)O)cc1. The van der Waals surface area contributed by atoms with Crippen molar-refractivity contribution < 1.29 is 24.3 Å².